The maximum atomic E-state index is 11.3. The fraction of sp³-hybridized carbons (Fsp3) is 0.364. The van der Waals surface area contributed by atoms with Crippen molar-refractivity contribution in [1.82, 2.24) is 0 Å². The molecule has 1 rings (SSSR count). The summed E-state index contributed by atoms with van der Waals surface area (Å²) in [6, 6.07) is 7.30. The standard InChI is InChI=1S/C11H14BrNO2/c1-3-15-10-6-4-9(5-7-10)13-11(14)8(2)12/h4-8H,3H2,1-2H3,(H,13,14)/t8-/m0/s1. The lowest BCUT2D eigenvalue weighted by Gasteiger charge is -2.07. The molecule has 0 fully saturated rings. The van der Waals surface area contributed by atoms with E-state index in [4.69, 9.17) is 4.74 Å². The van der Waals surface area contributed by atoms with Crippen LogP contribution in [0.25, 0.3) is 0 Å². The van der Waals surface area contributed by atoms with Crippen LogP contribution in [0.3, 0.4) is 0 Å². The highest BCUT2D eigenvalue weighted by molar-refractivity contribution is 9.10. The Morgan fingerprint density at radius 1 is 1.47 bits per heavy atom. The van der Waals surface area contributed by atoms with Crippen molar-refractivity contribution in [1.29, 1.82) is 0 Å². The highest BCUT2D eigenvalue weighted by Crippen LogP contribution is 2.16. The Morgan fingerprint density at radius 2 is 2.07 bits per heavy atom. The van der Waals surface area contributed by atoms with Crippen molar-refractivity contribution in [3.05, 3.63) is 24.3 Å². The predicted octanol–water partition coefficient (Wildman–Crippen LogP) is 2.81. The Labute approximate surface area is 97.9 Å². The summed E-state index contributed by atoms with van der Waals surface area (Å²) in [6.45, 7) is 4.36. The number of halogens is 1. The summed E-state index contributed by atoms with van der Waals surface area (Å²) in [5.41, 5.74) is 0.773. The number of benzene rings is 1. The lowest BCUT2D eigenvalue weighted by Crippen LogP contribution is -2.19. The van der Waals surface area contributed by atoms with E-state index in [9.17, 15) is 4.79 Å². The molecular weight excluding hydrogens is 258 g/mol. The van der Waals surface area contributed by atoms with Crippen molar-refractivity contribution in [2.45, 2.75) is 18.7 Å². The average Bonchev–Trinajstić information content (AvgIpc) is 2.21. The highest BCUT2D eigenvalue weighted by Gasteiger charge is 2.08. The van der Waals surface area contributed by atoms with Gasteiger partial charge in [-0.2, -0.15) is 0 Å². The maximum absolute atomic E-state index is 11.3. The molecule has 1 aromatic rings. The van der Waals surface area contributed by atoms with Gasteiger partial charge in [-0.05, 0) is 38.1 Å². The van der Waals surface area contributed by atoms with Crippen molar-refractivity contribution in [2.75, 3.05) is 11.9 Å². The summed E-state index contributed by atoms with van der Waals surface area (Å²) in [5, 5.41) is 2.77. The topological polar surface area (TPSA) is 38.3 Å². The first-order valence-corrected chi connectivity index (χ1v) is 5.73. The zero-order valence-electron chi connectivity index (χ0n) is 8.79. The molecule has 0 radical (unpaired) electrons. The smallest absolute Gasteiger partial charge is 0.237 e. The molecule has 0 aliphatic carbocycles. The predicted molar refractivity (Wildman–Crippen MR) is 64.6 cm³/mol. The van der Waals surface area contributed by atoms with Crippen LogP contribution in [0.1, 0.15) is 13.8 Å². The molecular formula is C11H14BrNO2. The largest absolute Gasteiger partial charge is 0.494 e. The van der Waals surface area contributed by atoms with Crippen LogP contribution in [0.2, 0.25) is 0 Å². The number of rotatable bonds is 4. The van der Waals surface area contributed by atoms with Crippen LogP contribution in [0, 0.1) is 0 Å². The molecule has 0 bridgehead atoms. The van der Waals surface area contributed by atoms with Crippen LogP contribution < -0.4 is 10.1 Å². The molecule has 1 aromatic carbocycles. The first-order chi connectivity index (χ1) is 7.13. The van der Waals surface area contributed by atoms with Crippen LogP contribution in [-0.4, -0.2) is 17.3 Å². The van der Waals surface area contributed by atoms with E-state index in [1.54, 1.807) is 6.92 Å². The lowest BCUT2D eigenvalue weighted by molar-refractivity contribution is -0.115. The molecule has 0 heterocycles. The number of anilines is 1. The molecule has 1 atom stereocenters. The van der Waals surface area contributed by atoms with Crippen molar-refractivity contribution in [3.8, 4) is 5.75 Å². The number of hydrogen-bond acceptors (Lipinski definition) is 2. The summed E-state index contributed by atoms with van der Waals surface area (Å²) in [6.07, 6.45) is 0. The molecule has 1 amide bonds. The number of alkyl halides is 1. The van der Waals surface area contributed by atoms with Gasteiger partial charge in [0.2, 0.25) is 5.91 Å². The maximum Gasteiger partial charge on any atom is 0.237 e. The van der Waals surface area contributed by atoms with Gasteiger partial charge in [-0.15, -0.1) is 0 Å². The number of amides is 1. The zero-order chi connectivity index (χ0) is 11.3. The fourth-order valence-corrected chi connectivity index (χ4v) is 1.16. The highest BCUT2D eigenvalue weighted by atomic mass is 79.9. The summed E-state index contributed by atoms with van der Waals surface area (Å²) in [7, 11) is 0. The second kappa shape index (κ2) is 5.75. The van der Waals surface area contributed by atoms with E-state index in [2.05, 4.69) is 21.2 Å². The first kappa shape index (κ1) is 12.0. The quantitative estimate of drug-likeness (QED) is 0.856. The summed E-state index contributed by atoms with van der Waals surface area (Å²) in [4.78, 5) is 11.1. The van der Waals surface area contributed by atoms with Crippen molar-refractivity contribution < 1.29 is 9.53 Å². The Kier molecular flexibility index (Phi) is 4.62. The Morgan fingerprint density at radius 3 is 2.53 bits per heavy atom. The zero-order valence-corrected chi connectivity index (χ0v) is 10.4. The molecule has 1 N–H and O–H groups in total. The number of carbonyl (C=O) groups is 1. The normalized spacial score (nSPS) is 11.9. The second-order valence-corrected chi connectivity index (χ2v) is 4.44. The molecule has 3 nitrogen and oxygen atoms in total. The monoisotopic (exact) mass is 271 g/mol. The van der Waals surface area contributed by atoms with Gasteiger partial charge in [0.05, 0.1) is 11.4 Å². The third-order valence-electron chi connectivity index (χ3n) is 1.79. The minimum atomic E-state index is -0.191. The van der Waals surface area contributed by atoms with E-state index in [0.717, 1.165) is 11.4 Å². The molecule has 0 spiro atoms. The molecule has 15 heavy (non-hydrogen) atoms. The van der Waals surface area contributed by atoms with Crippen LogP contribution >= 0.6 is 15.9 Å². The molecule has 0 unspecified atom stereocenters. The van der Waals surface area contributed by atoms with Gasteiger partial charge in [0.1, 0.15) is 5.75 Å². The van der Waals surface area contributed by atoms with Gasteiger partial charge in [0.15, 0.2) is 0 Å². The molecule has 4 heteroatoms. The second-order valence-electron chi connectivity index (χ2n) is 3.06. The third-order valence-corrected chi connectivity index (χ3v) is 2.21. The first-order valence-electron chi connectivity index (χ1n) is 4.81. The molecule has 0 saturated heterocycles. The molecule has 0 aromatic heterocycles. The summed E-state index contributed by atoms with van der Waals surface area (Å²) >= 11 is 3.20. The number of hydrogen-bond donors (Lipinski definition) is 1. The Bertz CT molecular complexity index is 322. The van der Waals surface area contributed by atoms with Gasteiger partial charge >= 0.3 is 0 Å². The van der Waals surface area contributed by atoms with E-state index < -0.39 is 0 Å². The minimum Gasteiger partial charge on any atom is -0.494 e. The number of carbonyl (C=O) groups excluding carboxylic acids is 1. The van der Waals surface area contributed by atoms with Gasteiger partial charge in [0, 0.05) is 5.69 Å². The van der Waals surface area contributed by atoms with Crippen molar-refractivity contribution in [2.24, 2.45) is 0 Å². The van der Waals surface area contributed by atoms with E-state index in [1.807, 2.05) is 31.2 Å². The van der Waals surface area contributed by atoms with Crippen molar-refractivity contribution >= 4 is 27.5 Å². The van der Waals surface area contributed by atoms with E-state index in [1.165, 1.54) is 0 Å². The molecule has 0 aliphatic rings. The van der Waals surface area contributed by atoms with Gasteiger partial charge in [-0.25, -0.2) is 0 Å². The Hall–Kier alpha value is -1.03. The summed E-state index contributed by atoms with van der Waals surface area (Å²) < 4.78 is 5.29. The van der Waals surface area contributed by atoms with Crippen LogP contribution in [-0.2, 0) is 4.79 Å². The number of ether oxygens (including phenoxy) is 1. The summed E-state index contributed by atoms with van der Waals surface area (Å²) in [5.74, 6) is 0.751. The molecule has 82 valence electrons. The minimum absolute atomic E-state index is 0.0563. The van der Waals surface area contributed by atoms with Crippen LogP contribution in [0.4, 0.5) is 5.69 Å². The van der Waals surface area contributed by atoms with Crippen LogP contribution in [0.15, 0.2) is 24.3 Å². The van der Waals surface area contributed by atoms with Crippen LogP contribution in [0.5, 0.6) is 5.75 Å². The van der Waals surface area contributed by atoms with Crippen molar-refractivity contribution in [3.63, 3.8) is 0 Å². The van der Waals surface area contributed by atoms with Gasteiger partial charge < -0.3 is 10.1 Å². The third kappa shape index (κ3) is 3.91. The fourth-order valence-electron chi connectivity index (χ4n) is 1.04. The molecule has 0 saturated carbocycles. The van der Waals surface area contributed by atoms with E-state index in [-0.39, 0.29) is 10.7 Å². The lowest BCUT2D eigenvalue weighted by atomic mass is 10.3. The Balaban J connectivity index is 2.60. The van der Waals surface area contributed by atoms with E-state index >= 15 is 0 Å². The average molecular weight is 272 g/mol. The van der Waals surface area contributed by atoms with Gasteiger partial charge in [-0.3, -0.25) is 4.79 Å². The van der Waals surface area contributed by atoms with Gasteiger partial charge in [-0.1, -0.05) is 15.9 Å². The SMILES string of the molecule is CCOc1ccc(NC(=O)[C@H](C)Br)cc1. The number of nitrogens with one attached hydrogen (secondary N) is 1. The van der Waals surface area contributed by atoms with Gasteiger partial charge in [0.25, 0.3) is 0 Å². The molecule has 0 aliphatic heterocycles. The van der Waals surface area contributed by atoms with E-state index in [0.29, 0.717) is 6.61 Å².